The van der Waals surface area contributed by atoms with E-state index in [1.54, 1.807) is 12.1 Å². The van der Waals surface area contributed by atoms with Gasteiger partial charge in [0.1, 0.15) is 12.1 Å². The molecule has 0 spiro atoms. The number of hydrogen-bond donors (Lipinski definition) is 1. The third kappa shape index (κ3) is 3.47. The van der Waals surface area contributed by atoms with Gasteiger partial charge in [-0.2, -0.15) is 9.61 Å². The average Bonchev–Trinajstić information content (AvgIpc) is 3.28. The molecule has 1 N–H and O–H groups in total. The molecule has 1 aliphatic rings. The van der Waals surface area contributed by atoms with Gasteiger partial charge in [0.05, 0.1) is 23.4 Å². The van der Waals surface area contributed by atoms with Crippen LogP contribution in [0.4, 0.5) is 4.39 Å². The van der Waals surface area contributed by atoms with Crippen molar-refractivity contribution in [3.05, 3.63) is 46.9 Å². The smallest absolute Gasteiger partial charge is 0.309 e. The number of hydrogen-bond acceptors (Lipinski definition) is 7. The van der Waals surface area contributed by atoms with Crippen LogP contribution in [-0.2, 0) is 9.53 Å². The second-order valence-corrected chi connectivity index (χ2v) is 7.77. The molecule has 4 rings (SSSR count). The SMILES string of the molecule is CCOC(=O)C1CCN([C@@H](c2ccc(F)cc2)c2sc3ncnn3c2O)CC1. The van der Waals surface area contributed by atoms with Crippen molar-refractivity contribution < 1.29 is 19.0 Å². The van der Waals surface area contributed by atoms with Crippen LogP contribution in [0.3, 0.4) is 0 Å². The van der Waals surface area contributed by atoms with Crippen molar-refractivity contribution >= 4 is 22.3 Å². The lowest BCUT2D eigenvalue weighted by atomic mass is 9.93. The van der Waals surface area contributed by atoms with Crippen LogP contribution in [0.5, 0.6) is 5.88 Å². The lowest BCUT2D eigenvalue weighted by molar-refractivity contribution is -0.149. The summed E-state index contributed by atoms with van der Waals surface area (Å²) in [5, 5.41) is 14.8. The number of thiazole rings is 1. The van der Waals surface area contributed by atoms with Crippen LogP contribution in [0.15, 0.2) is 30.6 Å². The zero-order chi connectivity index (χ0) is 19.7. The van der Waals surface area contributed by atoms with E-state index in [1.807, 2.05) is 6.92 Å². The van der Waals surface area contributed by atoms with Crippen LogP contribution in [0, 0.1) is 11.7 Å². The molecule has 0 aliphatic carbocycles. The Kier molecular flexibility index (Phi) is 5.27. The zero-order valence-electron chi connectivity index (χ0n) is 15.4. The van der Waals surface area contributed by atoms with Crippen molar-refractivity contribution in [1.82, 2.24) is 19.5 Å². The highest BCUT2D eigenvalue weighted by atomic mass is 32.1. The van der Waals surface area contributed by atoms with Gasteiger partial charge in [0.25, 0.3) is 0 Å². The van der Waals surface area contributed by atoms with Crippen LogP contribution >= 0.6 is 11.3 Å². The highest BCUT2D eigenvalue weighted by Gasteiger charge is 2.34. The molecule has 1 aromatic carbocycles. The maximum absolute atomic E-state index is 13.5. The van der Waals surface area contributed by atoms with Gasteiger partial charge in [-0.05, 0) is 50.6 Å². The number of esters is 1. The van der Waals surface area contributed by atoms with Crippen molar-refractivity contribution in [2.45, 2.75) is 25.8 Å². The van der Waals surface area contributed by atoms with Gasteiger partial charge >= 0.3 is 5.97 Å². The van der Waals surface area contributed by atoms with Gasteiger partial charge in [-0.1, -0.05) is 23.5 Å². The molecule has 0 radical (unpaired) electrons. The molecule has 1 fully saturated rings. The third-order valence-electron chi connectivity index (χ3n) is 5.09. The topological polar surface area (TPSA) is 80.0 Å². The fourth-order valence-corrected chi connectivity index (χ4v) is 4.79. The minimum atomic E-state index is -0.310. The Balaban J connectivity index is 1.64. The standard InChI is InChI=1S/C19H21FN4O3S/c1-2-27-18(26)13-7-9-23(10-8-13)15(12-3-5-14(20)6-4-12)16-17(25)24-19(28-16)21-11-22-24/h3-6,11,13,15,25H,2,7-10H2,1H3/t15-/m0/s1. The minimum absolute atomic E-state index is 0.0411. The summed E-state index contributed by atoms with van der Waals surface area (Å²) >= 11 is 1.36. The van der Waals surface area contributed by atoms with Crippen molar-refractivity contribution in [2.75, 3.05) is 19.7 Å². The van der Waals surface area contributed by atoms with E-state index in [2.05, 4.69) is 15.0 Å². The Morgan fingerprint density at radius 2 is 2.07 bits per heavy atom. The summed E-state index contributed by atoms with van der Waals surface area (Å²) in [5.74, 6) is -0.530. The summed E-state index contributed by atoms with van der Waals surface area (Å²) in [6.45, 7) is 3.52. The van der Waals surface area contributed by atoms with Crippen molar-refractivity contribution in [2.24, 2.45) is 5.92 Å². The molecule has 0 amide bonds. The van der Waals surface area contributed by atoms with E-state index in [0.29, 0.717) is 42.4 Å². The quantitative estimate of drug-likeness (QED) is 0.659. The molecule has 148 valence electrons. The van der Waals surface area contributed by atoms with Gasteiger partial charge in [0.15, 0.2) is 0 Å². The van der Waals surface area contributed by atoms with E-state index >= 15 is 0 Å². The van der Waals surface area contributed by atoms with Crippen molar-refractivity contribution in [3.63, 3.8) is 0 Å². The van der Waals surface area contributed by atoms with E-state index in [-0.39, 0.29) is 29.6 Å². The van der Waals surface area contributed by atoms with Gasteiger partial charge in [0.2, 0.25) is 10.8 Å². The number of benzene rings is 1. The Morgan fingerprint density at radius 1 is 1.36 bits per heavy atom. The van der Waals surface area contributed by atoms with Gasteiger partial charge in [-0.25, -0.2) is 9.37 Å². The van der Waals surface area contributed by atoms with Gasteiger partial charge in [0, 0.05) is 0 Å². The maximum Gasteiger partial charge on any atom is 0.309 e. The molecule has 7 nitrogen and oxygen atoms in total. The number of piperidine rings is 1. The number of fused-ring (bicyclic) bond motifs is 1. The number of halogens is 1. The predicted molar refractivity (Wildman–Crippen MR) is 102 cm³/mol. The summed E-state index contributed by atoms with van der Waals surface area (Å²) in [6, 6.07) is 6.03. The molecule has 1 aliphatic heterocycles. The largest absolute Gasteiger partial charge is 0.492 e. The van der Waals surface area contributed by atoms with Crippen LogP contribution in [0.2, 0.25) is 0 Å². The molecule has 9 heteroatoms. The molecular formula is C19H21FN4O3S. The number of carbonyl (C=O) groups is 1. The third-order valence-corrected chi connectivity index (χ3v) is 6.17. The summed E-state index contributed by atoms with van der Waals surface area (Å²) in [6.07, 6.45) is 2.75. The Labute approximate surface area is 165 Å². The lowest BCUT2D eigenvalue weighted by Crippen LogP contribution is -2.39. The molecule has 3 heterocycles. The Morgan fingerprint density at radius 3 is 2.71 bits per heavy atom. The summed E-state index contributed by atoms with van der Waals surface area (Å²) in [4.78, 5) is 19.7. The van der Waals surface area contributed by atoms with E-state index in [1.165, 1.54) is 34.3 Å². The summed E-state index contributed by atoms with van der Waals surface area (Å²) in [5.41, 5.74) is 0.871. The molecule has 2 aromatic heterocycles. The monoisotopic (exact) mass is 404 g/mol. The van der Waals surface area contributed by atoms with Gasteiger partial charge in [-0.3, -0.25) is 9.69 Å². The molecule has 1 atom stereocenters. The zero-order valence-corrected chi connectivity index (χ0v) is 16.2. The molecule has 0 bridgehead atoms. The van der Waals surface area contributed by atoms with E-state index in [0.717, 1.165) is 5.56 Å². The summed E-state index contributed by atoms with van der Waals surface area (Å²) in [7, 11) is 0. The summed E-state index contributed by atoms with van der Waals surface area (Å²) < 4.78 is 20.0. The second kappa shape index (κ2) is 7.84. The van der Waals surface area contributed by atoms with Crippen LogP contribution in [0.25, 0.3) is 4.96 Å². The van der Waals surface area contributed by atoms with Crippen LogP contribution < -0.4 is 0 Å². The fourth-order valence-electron chi connectivity index (χ4n) is 3.70. The Bertz CT molecular complexity index is 963. The van der Waals surface area contributed by atoms with E-state index in [4.69, 9.17) is 4.74 Å². The number of aromatic nitrogens is 3. The van der Waals surface area contributed by atoms with Crippen molar-refractivity contribution in [3.8, 4) is 5.88 Å². The molecule has 28 heavy (non-hydrogen) atoms. The molecule has 0 saturated carbocycles. The minimum Gasteiger partial charge on any atom is -0.492 e. The lowest BCUT2D eigenvalue weighted by Gasteiger charge is -2.36. The van der Waals surface area contributed by atoms with E-state index < -0.39 is 0 Å². The van der Waals surface area contributed by atoms with Gasteiger partial charge in [-0.15, -0.1) is 0 Å². The van der Waals surface area contributed by atoms with E-state index in [9.17, 15) is 14.3 Å². The first-order valence-electron chi connectivity index (χ1n) is 9.26. The Hall–Kier alpha value is -2.52. The first-order valence-corrected chi connectivity index (χ1v) is 10.1. The average molecular weight is 404 g/mol. The number of nitrogens with zero attached hydrogens (tertiary/aromatic N) is 4. The molecule has 3 aromatic rings. The molecule has 0 unspecified atom stereocenters. The first-order chi connectivity index (χ1) is 13.6. The maximum atomic E-state index is 13.5. The number of carbonyl (C=O) groups excluding carboxylic acids is 1. The normalized spacial score (nSPS) is 17.1. The highest BCUT2D eigenvalue weighted by molar-refractivity contribution is 7.17. The molecular weight excluding hydrogens is 383 g/mol. The fraction of sp³-hybridized carbons (Fsp3) is 0.421. The number of ether oxygens (including phenoxy) is 1. The number of likely N-dealkylation sites (tertiary alicyclic amines) is 1. The second-order valence-electron chi connectivity index (χ2n) is 6.76. The van der Waals surface area contributed by atoms with Crippen LogP contribution in [0.1, 0.15) is 36.2 Å². The van der Waals surface area contributed by atoms with Crippen molar-refractivity contribution in [1.29, 1.82) is 0 Å². The highest BCUT2D eigenvalue weighted by Crippen LogP contribution is 2.41. The van der Waals surface area contributed by atoms with Gasteiger partial charge < -0.3 is 9.84 Å². The predicted octanol–water partition coefficient (Wildman–Crippen LogP) is 3.00. The molecule has 1 saturated heterocycles. The first kappa shape index (κ1) is 18.8. The van der Waals surface area contributed by atoms with Crippen LogP contribution in [-0.4, -0.2) is 50.3 Å². The number of aromatic hydroxyl groups is 1. The number of rotatable bonds is 5.